The monoisotopic (exact) mass is 328 g/mol. The first-order chi connectivity index (χ1) is 11.2. The summed E-state index contributed by atoms with van der Waals surface area (Å²) in [6.45, 7) is 2.44. The van der Waals surface area contributed by atoms with E-state index in [9.17, 15) is 9.59 Å². The normalized spacial score (nSPS) is 10.1. The van der Waals surface area contributed by atoms with E-state index in [-0.39, 0.29) is 11.8 Å². The number of anilines is 1. The third kappa shape index (κ3) is 5.79. The Kier molecular flexibility index (Phi) is 6.69. The van der Waals surface area contributed by atoms with Crippen LogP contribution in [0.1, 0.15) is 22.8 Å². The van der Waals surface area contributed by atoms with Crippen molar-refractivity contribution in [1.82, 2.24) is 5.32 Å². The molecule has 0 atom stereocenters. The van der Waals surface area contributed by atoms with Gasteiger partial charge < -0.3 is 10.6 Å². The van der Waals surface area contributed by atoms with Crippen LogP contribution in [0.4, 0.5) is 5.69 Å². The molecular formula is C18H20N2O2S. The molecule has 0 aliphatic rings. The second kappa shape index (κ2) is 9.00. The molecule has 2 N–H and O–H groups in total. The van der Waals surface area contributed by atoms with Gasteiger partial charge in [0.15, 0.2) is 0 Å². The molecule has 2 aromatic rings. The van der Waals surface area contributed by atoms with Crippen LogP contribution in [0, 0.1) is 0 Å². The maximum absolute atomic E-state index is 12.0. The Morgan fingerprint density at radius 3 is 2.57 bits per heavy atom. The molecule has 2 rings (SSSR count). The summed E-state index contributed by atoms with van der Waals surface area (Å²) in [5, 5.41) is 5.56. The first kappa shape index (κ1) is 17.1. The topological polar surface area (TPSA) is 58.2 Å². The van der Waals surface area contributed by atoms with Gasteiger partial charge in [-0.3, -0.25) is 9.59 Å². The fraction of sp³-hybridized carbons (Fsp3) is 0.222. The van der Waals surface area contributed by atoms with Crippen LogP contribution in [0.25, 0.3) is 0 Å². The highest BCUT2D eigenvalue weighted by Crippen LogP contribution is 2.14. The van der Waals surface area contributed by atoms with Gasteiger partial charge in [0, 0.05) is 23.5 Å². The lowest BCUT2D eigenvalue weighted by Crippen LogP contribution is -2.23. The van der Waals surface area contributed by atoms with Crippen molar-refractivity contribution in [2.75, 3.05) is 17.6 Å². The number of hydrogen-bond donors (Lipinski definition) is 2. The third-order valence-electron chi connectivity index (χ3n) is 3.09. The molecule has 2 amide bonds. The van der Waals surface area contributed by atoms with Crippen LogP contribution in [0.15, 0.2) is 54.6 Å². The molecule has 0 aliphatic carbocycles. The summed E-state index contributed by atoms with van der Waals surface area (Å²) in [7, 11) is 0. The summed E-state index contributed by atoms with van der Waals surface area (Å²) < 4.78 is 0. The zero-order valence-corrected chi connectivity index (χ0v) is 13.9. The van der Waals surface area contributed by atoms with E-state index in [1.54, 1.807) is 36.0 Å². The van der Waals surface area contributed by atoms with Crippen molar-refractivity contribution in [3.05, 3.63) is 65.7 Å². The standard InChI is InChI=1S/C18H20N2O2S/c1-2-19-18(22)15-9-6-10-16(11-15)20-17(21)13-23-12-14-7-4-3-5-8-14/h3-11H,2,12-13H2,1H3,(H,19,22)(H,20,21). The van der Waals surface area contributed by atoms with Crippen LogP contribution < -0.4 is 10.6 Å². The lowest BCUT2D eigenvalue weighted by molar-refractivity contribution is -0.113. The zero-order chi connectivity index (χ0) is 16.5. The van der Waals surface area contributed by atoms with Crippen LogP contribution >= 0.6 is 11.8 Å². The van der Waals surface area contributed by atoms with E-state index in [2.05, 4.69) is 10.6 Å². The van der Waals surface area contributed by atoms with Gasteiger partial charge in [0.1, 0.15) is 0 Å². The number of amides is 2. The minimum Gasteiger partial charge on any atom is -0.352 e. The minimum absolute atomic E-state index is 0.0704. The van der Waals surface area contributed by atoms with Crippen molar-refractivity contribution in [3.8, 4) is 0 Å². The lowest BCUT2D eigenvalue weighted by atomic mass is 10.2. The van der Waals surface area contributed by atoms with Crippen molar-refractivity contribution in [1.29, 1.82) is 0 Å². The van der Waals surface area contributed by atoms with Crippen LogP contribution in [-0.4, -0.2) is 24.1 Å². The van der Waals surface area contributed by atoms with Crippen LogP contribution in [-0.2, 0) is 10.5 Å². The Morgan fingerprint density at radius 1 is 1.04 bits per heavy atom. The van der Waals surface area contributed by atoms with E-state index in [1.807, 2.05) is 37.3 Å². The minimum atomic E-state index is -0.137. The Balaban J connectivity index is 1.83. The van der Waals surface area contributed by atoms with Crippen LogP contribution in [0.3, 0.4) is 0 Å². The Labute approximate surface area is 140 Å². The van der Waals surface area contributed by atoms with Crippen LogP contribution in [0.5, 0.6) is 0 Å². The fourth-order valence-corrected chi connectivity index (χ4v) is 2.82. The highest BCUT2D eigenvalue weighted by atomic mass is 32.2. The summed E-state index contributed by atoms with van der Waals surface area (Å²) in [5.74, 6) is 0.967. The van der Waals surface area contributed by atoms with E-state index in [1.165, 1.54) is 5.56 Å². The quantitative estimate of drug-likeness (QED) is 0.820. The number of carbonyl (C=O) groups is 2. The van der Waals surface area contributed by atoms with Gasteiger partial charge in [0.2, 0.25) is 5.91 Å². The molecule has 0 heterocycles. The average molecular weight is 328 g/mol. The third-order valence-corrected chi connectivity index (χ3v) is 4.09. The number of rotatable bonds is 7. The second-order valence-electron chi connectivity index (χ2n) is 4.97. The Bertz CT molecular complexity index is 659. The molecule has 0 saturated heterocycles. The highest BCUT2D eigenvalue weighted by molar-refractivity contribution is 7.99. The summed E-state index contributed by atoms with van der Waals surface area (Å²) in [5.41, 5.74) is 2.38. The molecule has 4 nitrogen and oxygen atoms in total. The maximum atomic E-state index is 12.0. The van der Waals surface area contributed by atoms with E-state index in [0.717, 1.165) is 5.75 Å². The van der Waals surface area contributed by atoms with Crippen molar-refractivity contribution in [2.45, 2.75) is 12.7 Å². The Hall–Kier alpha value is -2.27. The summed E-state index contributed by atoms with van der Waals surface area (Å²) in [6.07, 6.45) is 0. The van der Waals surface area contributed by atoms with Crippen molar-refractivity contribution < 1.29 is 9.59 Å². The van der Waals surface area contributed by atoms with Gasteiger partial charge in [-0.15, -0.1) is 11.8 Å². The first-order valence-corrected chi connectivity index (χ1v) is 8.64. The van der Waals surface area contributed by atoms with Gasteiger partial charge in [-0.05, 0) is 30.7 Å². The van der Waals surface area contributed by atoms with E-state index < -0.39 is 0 Å². The zero-order valence-electron chi connectivity index (χ0n) is 13.0. The van der Waals surface area contributed by atoms with Gasteiger partial charge in [0.05, 0.1) is 5.75 Å². The number of thioether (sulfide) groups is 1. The first-order valence-electron chi connectivity index (χ1n) is 7.49. The predicted molar refractivity (Wildman–Crippen MR) is 95.7 cm³/mol. The molecule has 2 aromatic carbocycles. The summed E-state index contributed by atoms with van der Waals surface area (Å²) in [6, 6.07) is 17.0. The molecule has 0 saturated carbocycles. The van der Waals surface area contributed by atoms with Gasteiger partial charge in [-0.25, -0.2) is 0 Å². The van der Waals surface area contributed by atoms with E-state index in [0.29, 0.717) is 23.5 Å². The van der Waals surface area contributed by atoms with Crippen LogP contribution in [0.2, 0.25) is 0 Å². The molecule has 5 heteroatoms. The summed E-state index contributed by atoms with van der Waals surface area (Å²) in [4.78, 5) is 23.8. The predicted octanol–water partition coefficient (Wildman–Crippen LogP) is 3.31. The SMILES string of the molecule is CCNC(=O)c1cccc(NC(=O)CSCc2ccccc2)c1. The van der Waals surface area contributed by atoms with Crippen molar-refractivity contribution >= 4 is 29.3 Å². The summed E-state index contributed by atoms with van der Waals surface area (Å²) >= 11 is 1.56. The molecule has 0 radical (unpaired) electrons. The lowest BCUT2D eigenvalue weighted by Gasteiger charge is -2.07. The van der Waals surface area contributed by atoms with E-state index in [4.69, 9.17) is 0 Å². The van der Waals surface area contributed by atoms with Crippen molar-refractivity contribution in [2.24, 2.45) is 0 Å². The molecule has 120 valence electrons. The molecule has 23 heavy (non-hydrogen) atoms. The van der Waals surface area contributed by atoms with Gasteiger partial charge in [-0.2, -0.15) is 0 Å². The molecule has 0 aromatic heterocycles. The van der Waals surface area contributed by atoms with Crippen molar-refractivity contribution in [3.63, 3.8) is 0 Å². The van der Waals surface area contributed by atoms with Gasteiger partial charge in [-0.1, -0.05) is 36.4 Å². The molecule has 0 aliphatic heterocycles. The van der Waals surface area contributed by atoms with E-state index >= 15 is 0 Å². The highest BCUT2D eigenvalue weighted by Gasteiger charge is 2.07. The number of benzene rings is 2. The average Bonchev–Trinajstić information content (AvgIpc) is 2.56. The number of hydrogen-bond acceptors (Lipinski definition) is 3. The molecule has 0 fully saturated rings. The molecule has 0 spiro atoms. The van der Waals surface area contributed by atoms with Gasteiger partial charge in [0.25, 0.3) is 5.91 Å². The largest absolute Gasteiger partial charge is 0.352 e. The number of carbonyl (C=O) groups excluding carboxylic acids is 2. The molecule has 0 unspecified atom stereocenters. The second-order valence-corrected chi connectivity index (χ2v) is 5.95. The smallest absolute Gasteiger partial charge is 0.251 e. The Morgan fingerprint density at radius 2 is 1.83 bits per heavy atom. The maximum Gasteiger partial charge on any atom is 0.251 e. The molecule has 0 bridgehead atoms. The molecular weight excluding hydrogens is 308 g/mol. The fourth-order valence-electron chi connectivity index (χ4n) is 2.03. The number of nitrogens with one attached hydrogen (secondary N) is 2. The van der Waals surface area contributed by atoms with Gasteiger partial charge >= 0.3 is 0 Å².